The topological polar surface area (TPSA) is 78.9 Å². The molecule has 0 aromatic rings. The molecule has 1 atom stereocenters. The molecular weight excluding hydrogens is 865 g/mol. The third kappa shape index (κ3) is 56.3. The van der Waals surface area contributed by atoms with Crippen molar-refractivity contribution in [3.05, 3.63) is 48.6 Å². The molecule has 408 valence electrons. The Labute approximate surface area is 435 Å². The van der Waals surface area contributed by atoms with E-state index in [0.717, 1.165) is 96.3 Å². The molecule has 0 aliphatic carbocycles. The van der Waals surface area contributed by atoms with Crippen LogP contribution in [-0.2, 0) is 28.6 Å². The van der Waals surface area contributed by atoms with Crippen LogP contribution in [0.5, 0.6) is 0 Å². The van der Waals surface area contributed by atoms with Crippen molar-refractivity contribution in [3.63, 3.8) is 0 Å². The minimum atomic E-state index is -0.779. The number of hydrogen-bond acceptors (Lipinski definition) is 6. The van der Waals surface area contributed by atoms with Crippen LogP contribution in [0.1, 0.15) is 323 Å². The van der Waals surface area contributed by atoms with E-state index in [4.69, 9.17) is 14.2 Å². The zero-order valence-corrected chi connectivity index (χ0v) is 46.8. The van der Waals surface area contributed by atoms with Crippen LogP contribution in [0.2, 0.25) is 0 Å². The van der Waals surface area contributed by atoms with E-state index < -0.39 is 6.10 Å². The first-order valence-electron chi connectivity index (χ1n) is 30.6. The lowest BCUT2D eigenvalue weighted by Crippen LogP contribution is -2.30. The molecular formula is C64H116O6. The van der Waals surface area contributed by atoms with Crippen LogP contribution in [0.4, 0.5) is 0 Å². The van der Waals surface area contributed by atoms with Gasteiger partial charge in [-0.05, 0) is 77.0 Å². The number of carbonyl (C=O) groups excluding carboxylic acids is 3. The van der Waals surface area contributed by atoms with E-state index >= 15 is 0 Å². The second kappa shape index (κ2) is 58.9. The van der Waals surface area contributed by atoms with Crippen molar-refractivity contribution < 1.29 is 28.6 Å². The Morgan fingerprint density at radius 3 is 0.886 bits per heavy atom. The van der Waals surface area contributed by atoms with Crippen LogP contribution in [0.25, 0.3) is 0 Å². The van der Waals surface area contributed by atoms with E-state index in [2.05, 4.69) is 69.4 Å². The first-order chi connectivity index (χ1) is 34.5. The average molecular weight is 982 g/mol. The largest absolute Gasteiger partial charge is 0.462 e. The van der Waals surface area contributed by atoms with Crippen molar-refractivity contribution in [1.82, 2.24) is 0 Å². The Bertz CT molecular complexity index is 1220. The summed E-state index contributed by atoms with van der Waals surface area (Å²) < 4.78 is 16.9. The van der Waals surface area contributed by atoms with Crippen LogP contribution in [-0.4, -0.2) is 37.2 Å². The molecule has 0 saturated carbocycles. The maximum atomic E-state index is 12.9. The Morgan fingerprint density at radius 2 is 0.557 bits per heavy atom. The molecule has 0 fully saturated rings. The second-order valence-electron chi connectivity index (χ2n) is 20.6. The van der Waals surface area contributed by atoms with Crippen LogP contribution < -0.4 is 0 Å². The fourth-order valence-corrected chi connectivity index (χ4v) is 8.98. The van der Waals surface area contributed by atoms with Gasteiger partial charge in [0, 0.05) is 19.3 Å². The molecule has 0 N–H and O–H groups in total. The third-order valence-electron chi connectivity index (χ3n) is 13.6. The van der Waals surface area contributed by atoms with Crippen LogP contribution >= 0.6 is 0 Å². The Kier molecular flexibility index (Phi) is 56.7. The maximum Gasteiger partial charge on any atom is 0.306 e. The van der Waals surface area contributed by atoms with Crippen LogP contribution in [0.15, 0.2) is 48.6 Å². The average Bonchev–Trinajstić information content (AvgIpc) is 3.36. The van der Waals surface area contributed by atoms with Crippen molar-refractivity contribution in [2.75, 3.05) is 13.2 Å². The molecule has 70 heavy (non-hydrogen) atoms. The van der Waals surface area contributed by atoms with Crippen molar-refractivity contribution in [1.29, 1.82) is 0 Å². The first-order valence-corrected chi connectivity index (χ1v) is 30.6. The van der Waals surface area contributed by atoms with Gasteiger partial charge in [-0.15, -0.1) is 0 Å². The summed E-state index contributed by atoms with van der Waals surface area (Å²) in [5.41, 5.74) is 0. The number of allylic oxidation sites excluding steroid dienone is 8. The van der Waals surface area contributed by atoms with Gasteiger partial charge < -0.3 is 14.2 Å². The summed E-state index contributed by atoms with van der Waals surface area (Å²) in [6, 6.07) is 0. The summed E-state index contributed by atoms with van der Waals surface area (Å²) in [4.78, 5) is 38.2. The number of unbranched alkanes of at least 4 members (excludes halogenated alkanes) is 37. The monoisotopic (exact) mass is 981 g/mol. The molecule has 6 nitrogen and oxygen atoms in total. The van der Waals surface area contributed by atoms with Gasteiger partial charge in [0.05, 0.1) is 0 Å². The molecule has 0 aromatic heterocycles. The molecule has 0 radical (unpaired) electrons. The van der Waals surface area contributed by atoms with Gasteiger partial charge >= 0.3 is 17.9 Å². The smallest absolute Gasteiger partial charge is 0.306 e. The number of ether oxygens (including phenoxy) is 3. The molecule has 1 unspecified atom stereocenters. The van der Waals surface area contributed by atoms with E-state index in [1.54, 1.807) is 0 Å². The van der Waals surface area contributed by atoms with E-state index in [-0.39, 0.29) is 31.1 Å². The highest BCUT2D eigenvalue weighted by Gasteiger charge is 2.19. The fourth-order valence-electron chi connectivity index (χ4n) is 8.98. The van der Waals surface area contributed by atoms with Crippen LogP contribution in [0, 0.1) is 0 Å². The minimum Gasteiger partial charge on any atom is -0.462 e. The van der Waals surface area contributed by atoms with Gasteiger partial charge in [0.2, 0.25) is 0 Å². The van der Waals surface area contributed by atoms with Gasteiger partial charge in [-0.3, -0.25) is 14.4 Å². The molecule has 6 heteroatoms. The summed E-state index contributed by atoms with van der Waals surface area (Å²) in [5, 5.41) is 0. The van der Waals surface area contributed by atoms with Gasteiger partial charge in [-0.1, -0.05) is 275 Å². The molecule has 0 aliphatic rings. The zero-order chi connectivity index (χ0) is 50.7. The lowest BCUT2D eigenvalue weighted by molar-refractivity contribution is -0.167. The summed E-state index contributed by atoms with van der Waals surface area (Å²) in [6.45, 7) is 6.56. The van der Waals surface area contributed by atoms with E-state index in [1.165, 1.54) is 186 Å². The van der Waals surface area contributed by atoms with Crippen molar-refractivity contribution in [3.8, 4) is 0 Å². The van der Waals surface area contributed by atoms with Crippen molar-refractivity contribution in [2.24, 2.45) is 0 Å². The molecule has 0 aromatic carbocycles. The zero-order valence-electron chi connectivity index (χ0n) is 46.8. The Hall–Kier alpha value is -2.63. The van der Waals surface area contributed by atoms with Gasteiger partial charge in [0.15, 0.2) is 6.10 Å². The van der Waals surface area contributed by atoms with Gasteiger partial charge in [-0.2, -0.15) is 0 Å². The second-order valence-corrected chi connectivity index (χ2v) is 20.6. The molecule has 0 amide bonds. The maximum absolute atomic E-state index is 12.9. The van der Waals surface area contributed by atoms with E-state index in [1.807, 2.05) is 0 Å². The molecule has 0 bridgehead atoms. The normalized spacial score (nSPS) is 12.3. The predicted octanol–water partition coefficient (Wildman–Crippen LogP) is 20.6. The number of esters is 3. The Balaban J connectivity index is 4.33. The number of hydrogen-bond donors (Lipinski definition) is 0. The lowest BCUT2D eigenvalue weighted by Gasteiger charge is -2.18. The fraction of sp³-hybridized carbons (Fsp3) is 0.828. The molecule has 0 heterocycles. The van der Waals surface area contributed by atoms with E-state index in [9.17, 15) is 14.4 Å². The van der Waals surface area contributed by atoms with Gasteiger partial charge in [0.1, 0.15) is 13.2 Å². The van der Waals surface area contributed by atoms with Gasteiger partial charge in [-0.25, -0.2) is 0 Å². The minimum absolute atomic E-state index is 0.0765. The van der Waals surface area contributed by atoms with Crippen molar-refractivity contribution >= 4 is 17.9 Å². The Morgan fingerprint density at radius 1 is 0.300 bits per heavy atom. The molecule has 0 spiro atoms. The number of rotatable bonds is 56. The summed E-state index contributed by atoms with van der Waals surface area (Å²) in [5.74, 6) is -0.877. The van der Waals surface area contributed by atoms with Crippen LogP contribution in [0.3, 0.4) is 0 Å². The third-order valence-corrected chi connectivity index (χ3v) is 13.6. The van der Waals surface area contributed by atoms with Gasteiger partial charge in [0.25, 0.3) is 0 Å². The standard InChI is InChI=1S/C64H116O6/c1-4-7-10-13-16-19-22-25-28-30-31-32-33-34-37-39-42-45-48-51-54-57-63(66)69-60-61(59-68-62(65)56-53-50-47-44-41-38-35-27-24-21-18-15-12-9-6-3)70-64(67)58-55-52-49-46-43-40-36-29-26-23-20-17-14-11-8-5-2/h9,12,18,21,27,30-31,35,61H,4-8,10-11,13-17,19-20,22-26,28-29,32-34,36-60H2,1-3H3/b12-9-,21-18-,31-30-,35-27-. The summed E-state index contributed by atoms with van der Waals surface area (Å²) in [7, 11) is 0. The highest BCUT2D eigenvalue weighted by atomic mass is 16.6. The highest BCUT2D eigenvalue weighted by Crippen LogP contribution is 2.17. The summed E-state index contributed by atoms with van der Waals surface area (Å²) in [6.07, 6.45) is 72.5. The lowest BCUT2D eigenvalue weighted by atomic mass is 10.0. The first kappa shape index (κ1) is 67.4. The SMILES string of the molecule is CC/C=C\C/C=C\C/C=C\CCCCCCCC(=O)OCC(COC(=O)CCCCCCCCCCC/C=C\CCCCCCCCCC)OC(=O)CCCCCCCCCCCCCCCCCC. The predicted molar refractivity (Wildman–Crippen MR) is 302 cm³/mol. The van der Waals surface area contributed by atoms with E-state index in [0.29, 0.717) is 19.3 Å². The number of carbonyl (C=O) groups is 3. The highest BCUT2D eigenvalue weighted by molar-refractivity contribution is 5.71. The molecule has 0 saturated heterocycles. The van der Waals surface area contributed by atoms with Crippen molar-refractivity contribution in [2.45, 2.75) is 329 Å². The molecule has 0 rings (SSSR count). The summed E-state index contributed by atoms with van der Waals surface area (Å²) >= 11 is 0. The molecule has 0 aliphatic heterocycles. The quantitative estimate of drug-likeness (QED) is 0.0261.